The average Bonchev–Trinajstić information content (AvgIpc) is 3.20. The lowest BCUT2D eigenvalue weighted by Gasteiger charge is -2.29. The second kappa shape index (κ2) is 9.56. The summed E-state index contributed by atoms with van der Waals surface area (Å²) in [7, 11) is 0. The van der Waals surface area contributed by atoms with Gasteiger partial charge >= 0.3 is 0 Å². The zero-order valence-electron chi connectivity index (χ0n) is 19.1. The molecular formula is C28H23N3O3S. The Morgan fingerprint density at radius 1 is 0.943 bits per heavy atom. The van der Waals surface area contributed by atoms with Crippen LogP contribution in [0.25, 0.3) is 17.0 Å². The molecule has 1 N–H and O–H groups in total. The van der Waals surface area contributed by atoms with Gasteiger partial charge in [-0.15, -0.1) is 0 Å². The maximum absolute atomic E-state index is 13.5. The third-order valence-corrected chi connectivity index (χ3v) is 6.11. The summed E-state index contributed by atoms with van der Waals surface area (Å²) in [5.74, 6) is -0.289. The van der Waals surface area contributed by atoms with Gasteiger partial charge in [-0.1, -0.05) is 48.5 Å². The Morgan fingerprint density at radius 3 is 2.40 bits per heavy atom. The van der Waals surface area contributed by atoms with E-state index in [1.54, 1.807) is 30.3 Å². The molecule has 0 aliphatic carbocycles. The lowest BCUT2D eigenvalue weighted by molar-refractivity contribution is -0.122. The van der Waals surface area contributed by atoms with Crippen LogP contribution in [-0.4, -0.2) is 28.1 Å². The average molecular weight is 482 g/mol. The fourth-order valence-corrected chi connectivity index (χ4v) is 4.49. The first-order valence-corrected chi connectivity index (χ1v) is 11.7. The maximum atomic E-state index is 13.5. The third kappa shape index (κ3) is 4.46. The van der Waals surface area contributed by atoms with E-state index in [2.05, 4.69) is 22.0 Å². The number of hydrogen-bond acceptors (Lipinski definition) is 4. The quantitative estimate of drug-likeness (QED) is 0.241. The van der Waals surface area contributed by atoms with E-state index in [0.717, 1.165) is 22.0 Å². The zero-order chi connectivity index (χ0) is 24.4. The van der Waals surface area contributed by atoms with Crippen LogP contribution in [0.5, 0.6) is 5.75 Å². The summed E-state index contributed by atoms with van der Waals surface area (Å²) in [5.41, 5.74) is 3.54. The SMILES string of the molecule is CCOc1ccc(N2C(=O)/C(=C/c3cn(Cc4ccccc4)c4ccccc34)C(=O)NC2=S)cc1. The summed E-state index contributed by atoms with van der Waals surface area (Å²) in [6.07, 6.45) is 3.62. The number of fused-ring (bicyclic) bond motifs is 1. The van der Waals surface area contributed by atoms with Crippen LogP contribution < -0.4 is 15.0 Å². The van der Waals surface area contributed by atoms with E-state index in [9.17, 15) is 9.59 Å². The normalized spacial score (nSPS) is 15.1. The predicted molar refractivity (Wildman–Crippen MR) is 141 cm³/mol. The van der Waals surface area contributed by atoms with Crippen molar-refractivity contribution in [2.75, 3.05) is 11.5 Å². The number of benzene rings is 3. The topological polar surface area (TPSA) is 63.6 Å². The smallest absolute Gasteiger partial charge is 0.270 e. The number of anilines is 1. The molecule has 1 aromatic heterocycles. The van der Waals surface area contributed by atoms with Crippen LogP contribution in [0, 0.1) is 0 Å². The molecule has 0 spiro atoms. The van der Waals surface area contributed by atoms with Gasteiger partial charge in [-0.05, 0) is 61.1 Å². The van der Waals surface area contributed by atoms with Gasteiger partial charge in [-0.25, -0.2) is 0 Å². The van der Waals surface area contributed by atoms with E-state index < -0.39 is 11.8 Å². The van der Waals surface area contributed by atoms with Crippen LogP contribution in [-0.2, 0) is 16.1 Å². The van der Waals surface area contributed by atoms with Crippen molar-refractivity contribution in [3.05, 3.63) is 102 Å². The van der Waals surface area contributed by atoms with Crippen LogP contribution in [0.4, 0.5) is 5.69 Å². The third-order valence-electron chi connectivity index (χ3n) is 5.82. The van der Waals surface area contributed by atoms with Crippen molar-refractivity contribution in [2.45, 2.75) is 13.5 Å². The van der Waals surface area contributed by atoms with Crippen LogP contribution in [0.2, 0.25) is 0 Å². The van der Waals surface area contributed by atoms with E-state index in [4.69, 9.17) is 17.0 Å². The number of ether oxygens (including phenoxy) is 1. The number of thiocarbonyl (C=S) groups is 1. The number of carbonyl (C=O) groups is 2. The van der Waals surface area contributed by atoms with Crippen molar-refractivity contribution in [3.63, 3.8) is 0 Å². The Labute approximate surface area is 208 Å². The molecule has 0 saturated carbocycles. The second-order valence-corrected chi connectivity index (χ2v) is 8.49. The molecule has 5 rings (SSSR count). The van der Waals surface area contributed by atoms with Crippen molar-refractivity contribution in [1.29, 1.82) is 0 Å². The van der Waals surface area contributed by atoms with Crippen molar-refractivity contribution < 1.29 is 14.3 Å². The number of aromatic nitrogens is 1. The Morgan fingerprint density at radius 2 is 1.66 bits per heavy atom. The summed E-state index contributed by atoms with van der Waals surface area (Å²) < 4.78 is 7.61. The molecule has 7 heteroatoms. The molecule has 2 amide bonds. The van der Waals surface area contributed by atoms with Gasteiger partial charge in [0.25, 0.3) is 11.8 Å². The van der Waals surface area contributed by atoms with E-state index in [1.165, 1.54) is 4.90 Å². The van der Waals surface area contributed by atoms with Crippen LogP contribution >= 0.6 is 12.2 Å². The number of carbonyl (C=O) groups excluding carboxylic acids is 2. The van der Waals surface area contributed by atoms with E-state index >= 15 is 0 Å². The molecule has 6 nitrogen and oxygen atoms in total. The highest BCUT2D eigenvalue weighted by atomic mass is 32.1. The largest absolute Gasteiger partial charge is 0.494 e. The highest BCUT2D eigenvalue weighted by Crippen LogP contribution is 2.28. The number of para-hydroxylation sites is 1. The minimum absolute atomic E-state index is 0.0232. The summed E-state index contributed by atoms with van der Waals surface area (Å²) in [4.78, 5) is 27.6. The molecule has 174 valence electrons. The number of hydrogen-bond donors (Lipinski definition) is 1. The Hall–Kier alpha value is -4.23. The summed E-state index contributed by atoms with van der Waals surface area (Å²) in [6, 6.07) is 25.1. The first-order valence-electron chi connectivity index (χ1n) is 11.3. The summed E-state index contributed by atoms with van der Waals surface area (Å²) >= 11 is 5.33. The van der Waals surface area contributed by atoms with Crippen LogP contribution in [0.15, 0.2) is 90.6 Å². The van der Waals surface area contributed by atoms with Gasteiger partial charge in [0.05, 0.1) is 12.3 Å². The number of nitrogens with zero attached hydrogens (tertiary/aromatic N) is 2. The molecule has 1 aliphatic heterocycles. The lowest BCUT2D eigenvalue weighted by Crippen LogP contribution is -2.54. The fourth-order valence-electron chi connectivity index (χ4n) is 4.21. The van der Waals surface area contributed by atoms with Crippen LogP contribution in [0.1, 0.15) is 18.1 Å². The summed E-state index contributed by atoms with van der Waals surface area (Å²) in [6.45, 7) is 3.12. The first-order chi connectivity index (χ1) is 17.0. The van der Waals surface area contributed by atoms with Gasteiger partial charge < -0.3 is 9.30 Å². The molecule has 0 radical (unpaired) electrons. The van der Waals surface area contributed by atoms with Crippen molar-refractivity contribution in [3.8, 4) is 5.75 Å². The number of nitrogens with one attached hydrogen (secondary N) is 1. The monoisotopic (exact) mass is 481 g/mol. The molecule has 35 heavy (non-hydrogen) atoms. The molecule has 1 aliphatic rings. The fraction of sp³-hybridized carbons (Fsp3) is 0.107. The Bertz CT molecular complexity index is 1460. The van der Waals surface area contributed by atoms with Gasteiger partial charge in [-0.2, -0.15) is 0 Å². The van der Waals surface area contributed by atoms with Gasteiger partial charge in [0.15, 0.2) is 5.11 Å². The van der Waals surface area contributed by atoms with E-state index in [0.29, 0.717) is 24.6 Å². The second-order valence-electron chi connectivity index (χ2n) is 8.10. The van der Waals surface area contributed by atoms with Gasteiger partial charge in [0, 0.05) is 29.2 Å². The number of rotatable bonds is 6. The molecule has 2 heterocycles. The molecular weight excluding hydrogens is 458 g/mol. The van der Waals surface area contributed by atoms with Crippen LogP contribution in [0.3, 0.4) is 0 Å². The minimum Gasteiger partial charge on any atom is -0.494 e. The van der Waals surface area contributed by atoms with Gasteiger partial charge in [0.2, 0.25) is 0 Å². The van der Waals surface area contributed by atoms with E-state index in [-0.39, 0.29) is 10.7 Å². The molecule has 0 bridgehead atoms. The molecule has 1 saturated heterocycles. The van der Waals surface area contributed by atoms with Crippen molar-refractivity contribution >= 4 is 51.8 Å². The molecule has 4 aromatic rings. The Kier molecular flexibility index (Phi) is 6.16. The molecule has 0 unspecified atom stereocenters. The highest BCUT2D eigenvalue weighted by Gasteiger charge is 2.34. The number of amides is 2. The predicted octanol–water partition coefficient (Wildman–Crippen LogP) is 4.92. The van der Waals surface area contributed by atoms with E-state index in [1.807, 2.05) is 55.6 Å². The van der Waals surface area contributed by atoms with Crippen molar-refractivity contribution in [2.24, 2.45) is 0 Å². The molecule has 0 atom stereocenters. The zero-order valence-corrected chi connectivity index (χ0v) is 19.9. The standard InChI is InChI=1S/C28H23N3O3S/c1-2-34-22-14-12-21(13-15-22)31-27(33)24(26(32)29-28(31)35)16-20-18-30(17-19-8-4-3-5-9-19)25-11-7-6-10-23(20)25/h3-16,18H,2,17H2,1H3,(H,29,32,35)/b24-16+. The molecule has 1 fully saturated rings. The Balaban J connectivity index is 1.53. The highest BCUT2D eigenvalue weighted by molar-refractivity contribution is 7.80. The summed E-state index contributed by atoms with van der Waals surface area (Å²) in [5, 5.41) is 3.66. The first kappa shape index (κ1) is 22.6. The van der Waals surface area contributed by atoms with Gasteiger partial charge in [-0.3, -0.25) is 19.8 Å². The molecule has 3 aromatic carbocycles. The minimum atomic E-state index is -0.512. The lowest BCUT2D eigenvalue weighted by atomic mass is 10.1. The van der Waals surface area contributed by atoms with Gasteiger partial charge in [0.1, 0.15) is 11.3 Å². The maximum Gasteiger partial charge on any atom is 0.270 e. The van der Waals surface area contributed by atoms with Crippen molar-refractivity contribution in [1.82, 2.24) is 9.88 Å².